The standard InChI is InChI=1S/C18H22N2/c1-2-18(13-19-16-9-5-3-6-10-16)14-20(15-18)17-11-7-4-8-12-17/h3-12,19H,2,13-15H2,1H3. The highest BCUT2D eigenvalue weighted by atomic mass is 15.2. The van der Waals surface area contributed by atoms with Gasteiger partial charge < -0.3 is 10.2 Å². The van der Waals surface area contributed by atoms with E-state index < -0.39 is 0 Å². The number of benzene rings is 2. The highest BCUT2D eigenvalue weighted by molar-refractivity contribution is 5.50. The lowest BCUT2D eigenvalue weighted by atomic mass is 9.77. The average Bonchev–Trinajstić information content (AvgIpc) is 2.49. The van der Waals surface area contributed by atoms with Gasteiger partial charge in [0, 0.05) is 36.4 Å². The SMILES string of the molecule is CCC1(CNc2ccccc2)CN(c2ccccc2)C1. The summed E-state index contributed by atoms with van der Waals surface area (Å²) in [7, 11) is 0. The van der Waals surface area contributed by atoms with Gasteiger partial charge in [-0.3, -0.25) is 0 Å². The van der Waals surface area contributed by atoms with Crippen molar-refractivity contribution in [2.45, 2.75) is 13.3 Å². The van der Waals surface area contributed by atoms with E-state index in [9.17, 15) is 0 Å². The van der Waals surface area contributed by atoms with Gasteiger partial charge in [-0.25, -0.2) is 0 Å². The molecule has 0 unspecified atom stereocenters. The molecule has 0 amide bonds. The van der Waals surface area contributed by atoms with Crippen LogP contribution in [-0.2, 0) is 0 Å². The van der Waals surface area contributed by atoms with E-state index in [1.165, 1.54) is 17.8 Å². The third kappa shape index (κ3) is 2.64. The van der Waals surface area contributed by atoms with Crippen LogP contribution in [0.5, 0.6) is 0 Å². The lowest BCUT2D eigenvalue weighted by Gasteiger charge is -2.51. The minimum atomic E-state index is 0.408. The lowest BCUT2D eigenvalue weighted by Crippen LogP contribution is -2.59. The Balaban J connectivity index is 1.59. The summed E-state index contributed by atoms with van der Waals surface area (Å²) in [5.41, 5.74) is 2.97. The normalized spacial score (nSPS) is 16.6. The predicted molar refractivity (Wildman–Crippen MR) is 86.3 cm³/mol. The van der Waals surface area contributed by atoms with E-state index in [4.69, 9.17) is 0 Å². The number of hydrogen-bond donors (Lipinski definition) is 1. The first-order chi connectivity index (χ1) is 9.81. The first-order valence-corrected chi connectivity index (χ1v) is 7.40. The van der Waals surface area contributed by atoms with Crippen molar-refractivity contribution in [3.05, 3.63) is 60.7 Å². The van der Waals surface area contributed by atoms with Crippen LogP contribution < -0.4 is 10.2 Å². The van der Waals surface area contributed by atoms with Crippen LogP contribution in [0.4, 0.5) is 11.4 Å². The molecule has 1 saturated heterocycles. The Morgan fingerprint density at radius 3 is 2.15 bits per heavy atom. The van der Waals surface area contributed by atoms with E-state index in [-0.39, 0.29) is 0 Å². The van der Waals surface area contributed by atoms with Crippen molar-refractivity contribution < 1.29 is 0 Å². The number of hydrogen-bond acceptors (Lipinski definition) is 2. The average molecular weight is 266 g/mol. The highest BCUT2D eigenvalue weighted by Crippen LogP contribution is 2.37. The number of anilines is 2. The van der Waals surface area contributed by atoms with Gasteiger partial charge in [0.1, 0.15) is 0 Å². The fraction of sp³-hybridized carbons (Fsp3) is 0.333. The summed E-state index contributed by atoms with van der Waals surface area (Å²) in [5, 5.41) is 3.58. The van der Waals surface area contributed by atoms with Crippen molar-refractivity contribution in [2.75, 3.05) is 29.9 Å². The first-order valence-electron chi connectivity index (χ1n) is 7.40. The van der Waals surface area contributed by atoms with Gasteiger partial charge in [-0.15, -0.1) is 0 Å². The van der Waals surface area contributed by atoms with Gasteiger partial charge in [-0.1, -0.05) is 43.3 Å². The van der Waals surface area contributed by atoms with Gasteiger partial charge in [0.2, 0.25) is 0 Å². The second kappa shape index (κ2) is 5.58. The van der Waals surface area contributed by atoms with Crippen molar-refractivity contribution in [3.8, 4) is 0 Å². The molecule has 0 aromatic heterocycles. The molecule has 3 rings (SSSR count). The summed E-state index contributed by atoms with van der Waals surface area (Å²) in [6.07, 6.45) is 1.22. The molecule has 1 fully saturated rings. The Morgan fingerprint density at radius 2 is 1.55 bits per heavy atom. The van der Waals surface area contributed by atoms with Gasteiger partial charge in [0.25, 0.3) is 0 Å². The molecule has 0 bridgehead atoms. The summed E-state index contributed by atoms with van der Waals surface area (Å²) in [6.45, 7) is 5.65. The van der Waals surface area contributed by atoms with Crippen LogP contribution in [0.1, 0.15) is 13.3 Å². The lowest BCUT2D eigenvalue weighted by molar-refractivity contribution is 0.222. The zero-order valence-corrected chi connectivity index (χ0v) is 12.0. The fourth-order valence-electron chi connectivity index (χ4n) is 2.89. The maximum absolute atomic E-state index is 3.58. The predicted octanol–water partition coefficient (Wildman–Crippen LogP) is 4.02. The second-order valence-electron chi connectivity index (χ2n) is 5.76. The van der Waals surface area contributed by atoms with E-state index in [0.29, 0.717) is 5.41 Å². The van der Waals surface area contributed by atoms with Gasteiger partial charge >= 0.3 is 0 Å². The van der Waals surface area contributed by atoms with Gasteiger partial charge in [-0.2, -0.15) is 0 Å². The molecule has 2 nitrogen and oxygen atoms in total. The summed E-state index contributed by atoms with van der Waals surface area (Å²) >= 11 is 0. The monoisotopic (exact) mass is 266 g/mol. The zero-order chi connectivity index (χ0) is 13.8. The molecule has 0 saturated carbocycles. The summed E-state index contributed by atoms with van der Waals surface area (Å²) in [6, 6.07) is 21.2. The van der Waals surface area contributed by atoms with Crippen molar-refractivity contribution in [3.63, 3.8) is 0 Å². The quantitative estimate of drug-likeness (QED) is 0.879. The molecule has 1 aliphatic heterocycles. The Kier molecular flexibility index (Phi) is 3.64. The van der Waals surface area contributed by atoms with Crippen LogP contribution >= 0.6 is 0 Å². The molecule has 0 radical (unpaired) electrons. The molecule has 104 valence electrons. The molecule has 1 heterocycles. The minimum Gasteiger partial charge on any atom is -0.384 e. The summed E-state index contributed by atoms with van der Waals surface area (Å²) in [5.74, 6) is 0. The molecular weight excluding hydrogens is 244 g/mol. The van der Waals surface area contributed by atoms with Crippen molar-refractivity contribution in [2.24, 2.45) is 5.41 Å². The largest absolute Gasteiger partial charge is 0.384 e. The van der Waals surface area contributed by atoms with E-state index in [1.54, 1.807) is 0 Å². The van der Waals surface area contributed by atoms with Crippen LogP contribution in [0, 0.1) is 5.41 Å². The Hall–Kier alpha value is -1.96. The first kappa shape index (κ1) is 13.0. The molecular formula is C18H22N2. The number of nitrogens with zero attached hydrogens (tertiary/aromatic N) is 1. The number of rotatable bonds is 5. The number of para-hydroxylation sites is 2. The number of nitrogens with one attached hydrogen (secondary N) is 1. The van der Waals surface area contributed by atoms with Crippen LogP contribution in [0.2, 0.25) is 0 Å². The van der Waals surface area contributed by atoms with Crippen molar-refractivity contribution in [1.29, 1.82) is 0 Å². The van der Waals surface area contributed by atoms with Gasteiger partial charge in [0.05, 0.1) is 0 Å². The van der Waals surface area contributed by atoms with Gasteiger partial charge in [0.15, 0.2) is 0 Å². The summed E-state index contributed by atoms with van der Waals surface area (Å²) in [4.78, 5) is 2.47. The Morgan fingerprint density at radius 1 is 0.950 bits per heavy atom. The molecule has 2 aromatic rings. The molecule has 0 aliphatic carbocycles. The maximum atomic E-state index is 3.58. The third-order valence-corrected chi connectivity index (χ3v) is 4.37. The van der Waals surface area contributed by atoms with Gasteiger partial charge in [-0.05, 0) is 30.7 Å². The van der Waals surface area contributed by atoms with E-state index >= 15 is 0 Å². The molecule has 2 aromatic carbocycles. The van der Waals surface area contributed by atoms with E-state index in [2.05, 4.69) is 77.8 Å². The zero-order valence-electron chi connectivity index (χ0n) is 12.0. The molecule has 0 atom stereocenters. The molecule has 20 heavy (non-hydrogen) atoms. The molecule has 1 N–H and O–H groups in total. The molecule has 1 aliphatic rings. The van der Waals surface area contributed by atoms with Crippen LogP contribution in [0.3, 0.4) is 0 Å². The Bertz CT molecular complexity index is 524. The van der Waals surface area contributed by atoms with Crippen LogP contribution in [0.15, 0.2) is 60.7 Å². The smallest absolute Gasteiger partial charge is 0.0366 e. The van der Waals surface area contributed by atoms with E-state index in [1.807, 2.05) is 0 Å². The minimum absolute atomic E-state index is 0.408. The topological polar surface area (TPSA) is 15.3 Å². The van der Waals surface area contributed by atoms with Crippen LogP contribution in [-0.4, -0.2) is 19.6 Å². The molecule has 0 spiro atoms. The second-order valence-corrected chi connectivity index (χ2v) is 5.76. The van der Waals surface area contributed by atoms with Crippen molar-refractivity contribution >= 4 is 11.4 Å². The highest BCUT2D eigenvalue weighted by Gasteiger charge is 2.41. The Labute approximate surface area is 121 Å². The summed E-state index contributed by atoms with van der Waals surface area (Å²) < 4.78 is 0. The van der Waals surface area contributed by atoms with Crippen molar-refractivity contribution in [1.82, 2.24) is 0 Å². The van der Waals surface area contributed by atoms with Crippen LogP contribution in [0.25, 0.3) is 0 Å². The van der Waals surface area contributed by atoms with E-state index in [0.717, 1.165) is 19.6 Å². The fourth-order valence-corrected chi connectivity index (χ4v) is 2.89. The third-order valence-electron chi connectivity index (χ3n) is 4.37. The maximum Gasteiger partial charge on any atom is 0.0366 e. The molecule has 2 heteroatoms.